The van der Waals surface area contributed by atoms with Gasteiger partial charge >= 0.3 is 5.69 Å². The summed E-state index contributed by atoms with van der Waals surface area (Å²) in [5, 5.41) is 12.7. The van der Waals surface area contributed by atoms with E-state index in [1.807, 2.05) is 0 Å². The Balaban J connectivity index is 1.47. The Kier molecular flexibility index (Phi) is 6.52. The van der Waals surface area contributed by atoms with Crippen molar-refractivity contribution in [3.05, 3.63) is 98.1 Å². The minimum absolute atomic E-state index is 0.0642. The number of carbonyl (C=O) groups is 1. The van der Waals surface area contributed by atoms with Gasteiger partial charge in [-0.2, -0.15) is 0 Å². The molecule has 0 bridgehead atoms. The van der Waals surface area contributed by atoms with Gasteiger partial charge in [-0.15, -0.1) is 0 Å². The topological polar surface area (TPSA) is 106 Å². The van der Waals surface area contributed by atoms with E-state index in [2.05, 4.69) is 10.3 Å². The first kappa shape index (κ1) is 25.2. The summed E-state index contributed by atoms with van der Waals surface area (Å²) in [6.07, 6.45) is 2.37. The average Bonchev–Trinajstić information content (AvgIpc) is 2.89. The lowest BCUT2D eigenvalue weighted by atomic mass is 9.90. The van der Waals surface area contributed by atoms with Crippen LogP contribution in [0.25, 0.3) is 16.7 Å². The van der Waals surface area contributed by atoms with E-state index in [0.29, 0.717) is 25.7 Å². The number of phenols is 1. The number of aryl methyl sites for hydroxylation is 1. The molecule has 0 saturated heterocycles. The third kappa shape index (κ3) is 4.55. The van der Waals surface area contributed by atoms with Crippen LogP contribution >= 0.6 is 0 Å². The summed E-state index contributed by atoms with van der Waals surface area (Å²) in [5.74, 6) is -3.67. The van der Waals surface area contributed by atoms with Gasteiger partial charge in [-0.05, 0) is 62.9 Å². The molecule has 1 saturated carbocycles. The molecule has 11 heteroatoms. The first-order valence-electron chi connectivity index (χ1n) is 12.0. The molecule has 2 aromatic carbocycles. The Morgan fingerprint density at radius 2 is 1.74 bits per heavy atom. The van der Waals surface area contributed by atoms with Gasteiger partial charge < -0.3 is 10.4 Å². The highest BCUT2D eigenvalue weighted by molar-refractivity contribution is 5.97. The minimum atomic E-state index is -1.20. The lowest BCUT2D eigenvalue weighted by molar-refractivity contribution is 0.0919. The van der Waals surface area contributed by atoms with E-state index < -0.39 is 40.6 Å². The first-order valence-corrected chi connectivity index (χ1v) is 12.0. The van der Waals surface area contributed by atoms with E-state index >= 15 is 0 Å². The maximum atomic E-state index is 14.0. The molecule has 0 atom stereocenters. The first-order chi connectivity index (χ1) is 18.1. The van der Waals surface area contributed by atoms with E-state index in [1.54, 1.807) is 19.1 Å². The molecule has 0 aliphatic heterocycles. The quantitative estimate of drug-likeness (QED) is 0.421. The summed E-state index contributed by atoms with van der Waals surface area (Å²) in [4.78, 5) is 43.5. The predicted octanol–water partition coefficient (Wildman–Crippen LogP) is 3.89. The van der Waals surface area contributed by atoms with Crippen molar-refractivity contribution in [2.24, 2.45) is 0 Å². The number of halogens is 3. The van der Waals surface area contributed by atoms with Crippen LogP contribution in [-0.4, -0.2) is 31.2 Å². The largest absolute Gasteiger partial charge is 0.507 e. The maximum Gasteiger partial charge on any atom is 0.337 e. The van der Waals surface area contributed by atoms with Crippen LogP contribution < -0.4 is 16.6 Å². The van der Waals surface area contributed by atoms with Crippen LogP contribution in [0.2, 0.25) is 0 Å². The minimum Gasteiger partial charge on any atom is -0.507 e. The zero-order chi connectivity index (χ0) is 27.1. The fourth-order valence-electron chi connectivity index (χ4n) is 4.93. The number of hydrogen-bond donors (Lipinski definition) is 2. The van der Waals surface area contributed by atoms with Gasteiger partial charge in [0.25, 0.3) is 11.5 Å². The Hall–Kier alpha value is -4.41. The Morgan fingerprint density at radius 3 is 2.45 bits per heavy atom. The highest BCUT2D eigenvalue weighted by Crippen LogP contribution is 2.28. The summed E-state index contributed by atoms with van der Waals surface area (Å²) < 4.78 is 43.6. The lowest BCUT2D eigenvalue weighted by Gasteiger charge is -2.30. The van der Waals surface area contributed by atoms with Crippen LogP contribution in [0.15, 0.2) is 58.3 Å². The van der Waals surface area contributed by atoms with Gasteiger partial charge in [-0.1, -0.05) is 11.6 Å². The van der Waals surface area contributed by atoms with Crippen molar-refractivity contribution in [3.8, 4) is 11.4 Å². The Morgan fingerprint density at radius 1 is 1.00 bits per heavy atom. The van der Waals surface area contributed by atoms with Gasteiger partial charge in [0.05, 0.1) is 22.8 Å². The molecule has 2 N–H and O–H groups in total. The number of aromatic hydroxyl groups is 1. The summed E-state index contributed by atoms with van der Waals surface area (Å²) in [6, 6.07) is 7.66. The molecule has 2 aromatic heterocycles. The van der Waals surface area contributed by atoms with Gasteiger partial charge in [0, 0.05) is 18.2 Å². The number of carbonyl (C=O) groups excluding carboxylic acids is 1. The van der Waals surface area contributed by atoms with Crippen LogP contribution in [0.3, 0.4) is 0 Å². The van der Waals surface area contributed by atoms with Crippen LogP contribution in [0.1, 0.15) is 47.6 Å². The molecule has 1 aliphatic rings. The molecule has 0 radical (unpaired) electrons. The second-order valence-corrected chi connectivity index (χ2v) is 9.42. The SMILES string of the molecule is Cc1ccc(O)c(C(=O)N[C@H]2CC[C@@H](n3c(=O)c4cc(F)cnc4n(-c4ccc(F)c(F)c4)c3=O)CC2)c1. The lowest BCUT2D eigenvalue weighted by Crippen LogP contribution is -2.45. The maximum absolute atomic E-state index is 14.0. The molecule has 38 heavy (non-hydrogen) atoms. The predicted molar refractivity (Wildman–Crippen MR) is 133 cm³/mol. The zero-order valence-electron chi connectivity index (χ0n) is 20.2. The zero-order valence-corrected chi connectivity index (χ0v) is 20.2. The normalized spacial score (nSPS) is 17.5. The molecule has 8 nitrogen and oxygen atoms in total. The number of aromatic nitrogens is 3. The molecular weight excluding hydrogens is 501 g/mol. The number of nitrogens with zero attached hydrogens (tertiary/aromatic N) is 3. The summed E-state index contributed by atoms with van der Waals surface area (Å²) in [7, 11) is 0. The van der Waals surface area contributed by atoms with E-state index in [9.17, 15) is 32.7 Å². The van der Waals surface area contributed by atoms with E-state index in [4.69, 9.17) is 0 Å². The molecule has 2 heterocycles. The van der Waals surface area contributed by atoms with Crippen LogP contribution in [0.5, 0.6) is 5.75 Å². The van der Waals surface area contributed by atoms with E-state index in [0.717, 1.165) is 39.1 Å². The Bertz CT molecular complexity index is 1690. The summed E-state index contributed by atoms with van der Waals surface area (Å²) in [5.41, 5.74) is -0.830. The number of rotatable bonds is 4. The number of nitrogens with one attached hydrogen (secondary N) is 1. The molecule has 1 amide bonds. The van der Waals surface area contributed by atoms with Crippen molar-refractivity contribution in [2.75, 3.05) is 0 Å². The van der Waals surface area contributed by atoms with Crippen molar-refractivity contribution < 1.29 is 23.1 Å². The van der Waals surface area contributed by atoms with E-state index in [1.165, 1.54) is 12.1 Å². The molecular formula is C27H23F3N4O4. The molecule has 4 aromatic rings. The number of amides is 1. The van der Waals surface area contributed by atoms with Crippen molar-refractivity contribution in [3.63, 3.8) is 0 Å². The van der Waals surface area contributed by atoms with Crippen molar-refractivity contribution in [1.82, 2.24) is 19.4 Å². The van der Waals surface area contributed by atoms with E-state index in [-0.39, 0.29) is 34.1 Å². The van der Waals surface area contributed by atoms with Crippen molar-refractivity contribution in [2.45, 2.75) is 44.7 Å². The third-order valence-electron chi connectivity index (χ3n) is 6.85. The monoisotopic (exact) mass is 524 g/mol. The van der Waals surface area contributed by atoms with Crippen molar-refractivity contribution >= 4 is 16.9 Å². The number of benzene rings is 2. The second-order valence-electron chi connectivity index (χ2n) is 9.42. The molecule has 1 aliphatic carbocycles. The van der Waals surface area contributed by atoms with Gasteiger partial charge in [-0.25, -0.2) is 27.5 Å². The smallest absolute Gasteiger partial charge is 0.337 e. The number of phenolic OH excluding ortho intramolecular Hbond substituents is 1. The molecule has 196 valence electrons. The second kappa shape index (κ2) is 9.81. The van der Waals surface area contributed by atoms with Crippen molar-refractivity contribution in [1.29, 1.82) is 0 Å². The van der Waals surface area contributed by atoms with Crippen LogP contribution in [0, 0.1) is 24.4 Å². The van der Waals surface area contributed by atoms with Gasteiger partial charge in [0.2, 0.25) is 0 Å². The fraction of sp³-hybridized carbons (Fsp3) is 0.259. The number of hydrogen-bond acceptors (Lipinski definition) is 5. The molecule has 0 unspecified atom stereocenters. The van der Waals surface area contributed by atoms with Gasteiger partial charge in [0.1, 0.15) is 11.6 Å². The highest BCUT2D eigenvalue weighted by atomic mass is 19.2. The standard InChI is InChI=1S/C27H23F3N4O4/c1-14-2-9-23(35)19(10-14)25(36)32-16-3-5-17(6-4-16)34-26(37)20-11-15(28)13-31-24(20)33(27(34)38)18-7-8-21(29)22(30)12-18/h2,7-13,16-17,35H,3-6H2,1H3,(H,32,36)/t16-,17+. The molecule has 5 rings (SSSR count). The summed E-state index contributed by atoms with van der Waals surface area (Å²) in [6.45, 7) is 1.80. The van der Waals surface area contributed by atoms with Crippen LogP contribution in [0.4, 0.5) is 13.2 Å². The van der Waals surface area contributed by atoms with Gasteiger partial charge in [0.15, 0.2) is 17.3 Å². The number of pyridine rings is 1. The molecule has 0 spiro atoms. The molecule has 1 fully saturated rings. The highest BCUT2D eigenvalue weighted by Gasteiger charge is 2.28. The Labute approximate surface area is 214 Å². The van der Waals surface area contributed by atoms with Gasteiger partial charge in [-0.3, -0.25) is 14.2 Å². The number of fused-ring (bicyclic) bond motifs is 1. The third-order valence-corrected chi connectivity index (χ3v) is 6.85. The van der Waals surface area contributed by atoms with Crippen LogP contribution in [-0.2, 0) is 0 Å². The summed E-state index contributed by atoms with van der Waals surface area (Å²) >= 11 is 0. The average molecular weight is 524 g/mol. The fourth-order valence-corrected chi connectivity index (χ4v) is 4.93.